The first-order chi connectivity index (χ1) is 9.35. The molecule has 0 radical (unpaired) electrons. The van der Waals surface area contributed by atoms with E-state index in [1.807, 2.05) is 42.5 Å². The topological polar surface area (TPSA) is 35.8 Å². The second kappa shape index (κ2) is 6.72. The van der Waals surface area contributed by atoms with Gasteiger partial charge in [-0.15, -0.1) is 0 Å². The van der Waals surface area contributed by atoms with Crippen LogP contribution in [0.25, 0.3) is 11.1 Å². The van der Waals surface area contributed by atoms with Crippen LogP contribution in [-0.2, 0) is 6.54 Å². The van der Waals surface area contributed by atoms with Gasteiger partial charge in [0, 0.05) is 6.54 Å². The van der Waals surface area contributed by atoms with Crippen molar-refractivity contribution in [1.82, 2.24) is 5.32 Å². The maximum atomic E-state index is 9.31. The maximum absolute atomic E-state index is 9.31. The predicted molar refractivity (Wildman–Crippen MR) is 78.6 cm³/mol. The standard InChI is InChI=1S/C17H18N2/c1-2-10-19-13-14-8-9-17(16(11-14)12-18)15-6-4-3-5-7-15/h3-9,11,19H,2,10,13H2,1H3. The van der Waals surface area contributed by atoms with Crippen LogP contribution in [0.1, 0.15) is 24.5 Å². The summed E-state index contributed by atoms with van der Waals surface area (Å²) in [6, 6.07) is 18.4. The largest absolute Gasteiger partial charge is 0.313 e. The third kappa shape index (κ3) is 3.43. The van der Waals surface area contributed by atoms with Crippen molar-refractivity contribution < 1.29 is 0 Å². The summed E-state index contributed by atoms with van der Waals surface area (Å²) in [6.07, 6.45) is 1.12. The number of hydrogen-bond acceptors (Lipinski definition) is 2. The summed E-state index contributed by atoms with van der Waals surface area (Å²) in [7, 11) is 0. The molecule has 1 N–H and O–H groups in total. The van der Waals surface area contributed by atoms with E-state index in [9.17, 15) is 5.26 Å². The fourth-order valence-electron chi connectivity index (χ4n) is 2.07. The van der Waals surface area contributed by atoms with E-state index in [4.69, 9.17) is 0 Å². The van der Waals surface area contributed by atoms with Gasteiger partial charge in [-0.25, -0.2) is 0 Å². The highest BCUT2D eigenvalue weighted by Gasteiger charge is 2.05. The minimum Gasteiger partial charge on any atom is -0.313 e. The fourth-order valence-corrected chi connectivity index (χ4v) is 2.07. The van der Waals surface area contributed by atoms with Gasteiger partial charge in [0.05, 0.1) is 11.6 Å². The Morgan fingerprint density at radius 3 is 2.58 bits per heavy atom. The van der Waals surface area contributed by atoms with Crippen LogP contribution in [0.4, 0.5) is 0 Å². The van der Waals surface area contributed by atoms with Gasteiger partial charge in [-0.2, -0.15) is 5.26 Å². The van der Waals surface area contributed by atoms with Crippen LogP contribution in [0.5, 0.6) is 0 Å². The van der Waals surface area contributed by atoms with E-state index in [1.54, 1.807) is 0 Å². The minimum atomic E-state index is 0.738. The molecule has 0 saturated carbocycles. The summed E-state index contributed by atoms with van der Waals surface area (Å²) in [6.45, 7) is 3.96. The molecule has 0 spiro atoms. The van der Waals surface area contributed by atoms with Gasteiger partial charge < -0.3 is 5.32 Å². The first-order valence-electron chi connectivity index (χ1n) is 6.64. The van der Waals surface area contributed by atoms with Gasteiger partial charge in [-0.1, -0.05) is 49.4 Å². The van der Waals surface area contributed by atoms with Crippen molar-refractivity contribution in [2.75, 3.05) is 6.54 Å². The van der Waals surface area contributed by atoms with Crippen molar-refractivity contribution in [1.29, 1.82) is 5.26 Å². The lowest BCUT2D eigenvalue weighted by Gasteiger charge is -2.08. The van der Waals surface area contributed by atoms with Crippen LogP contribution in [0.15, 0.2) is 48.5 Å². The van der Waals surface area contributed by atoms with Gasteiger partial charge in [-0.3, -0.25) is 0 Å². The second-order valence-electron chi connectivity index (χ2n) is 4.53. The Morgan fingerprint density at radius 1 is 1.11 bits per heavy atom. The predicted octanol–water partition coefficient (Wildman–Crippen LogP) is 3.72. The molecule has 2 heteroatoms. The number of benzene rings is 2. The molecule has 0 aliphatic heterocycles. The lowest BCUT2D eigenvalue weighted by molar-refractivity contribution is 0.675. The Balaban J connectivity index is 2.25. The number of nitrogens with zero attached hydrogens (tertiary/aromatic N) is 1. The first-order valence-corrected chi connectivity index (χ1v) is 6.64. The molecule has 0 aromatic heterocycles. The quantitative estimate of drug-likeness (QED) is 0.821. The molecule has 0 atom stereocenters. The first kappa shape index (κ1) is 13.3. The molecule has 0 bridgehead atoms. The van der Waals surface area contributed by atoms with Gasteiger partial charge >= 0.3 is 0 Å². The van der Waals surface area contributed by atoms with Crippen LogP contribution in [-0.4, -0.2) is 6.54 Å². The fraction of sp³-hybridized carbons (Fsp3) is 0.235. The summed E-state index contributed by atoms with van der Waals surface area (Å²) in [5.41, 5.74) is 3.99. The second-order valence-corrected chi connectivity index (χ2v) is 4.53. The zero-order valence-electron chi connectivity index (χ0n) is 11.2. The lowest BCUT2D eigenvalue weighted by atomic mass is 9.98. The van der Waals surface area contributed by atoms with Gasteiger partial charge in [0.1, 0.15) is 0 Å². The molecule has 2 aromatic carbocycles. The number of nitriles is 1. The molecule has 2 nitrogen and oxygen atoms in total. The number of hydrogen-bond donors (Lipinski definition) is 1. The summed E-state index contributed by atoms with van der Waals surface area (Å²) >= 11 is 0. The van der Waals surface area contributed by atoms with Gasteiger partial charge in [0.25, 0.3) is 0 Å². The van der Waals surface area contributed by atoms with Crippen molar-refractivity contribution in [3.05, 3.63) is 59.7 Å². The maximum Gasteiger partial charge on any atom is 0.0998 e. The smallest absolute Gasteiger partial charge is 0.0998 e. The average Bonchev–Trinajstić information content (AvgIpc) is 2.48. The summed E-state index contributed by atoms with van der Waals surface area (Å²) in [5.74, 6) is 0. The van der Waals surface area contributed by atoms with Crippen LogP contribution in [0.3, 0.4) is 0 Å². The van der Waals surface area contributed by atoms with E-state index in [0.29, 0.717) is 0 Å². The highest BCUT2D eigenvalue weighted by molar-refractivity contribution is 5.70. The molecule has 2 aromatic rings. The molecular formula is C17H18N2. The monoisotopic (exact) mass is 250 g/mol. The van der Waals surface area contributed by atoms with Crippen molar-refractivity contribution in [3.8, 4) is 17.2 Å². The van der Waals surface area contributed by atoms with Crippen molar-refractivity contribution >= 4 is 0 Å². The molecule has 19 heavy (non-hydrogen) atoms. The molecular weight excluding hydrogens is 232 g/mol. The summed E-state index contributed by atoms with van der Waals surface area (Å²) < 4.78 is 0. The third-order valence-electron chi connectivity index (χ3n) is 3.05. The molecule has 0 amide bonds. The van der Waals surface area contributed by atoms with Crippen molar-refractivity contribution in [3.63, 3.8) is 0 Å². The van der Waals surface area contributed by atoms with Gasteiger partial charge in [0.2, 0.25) is 0 Å². The zero-order chi connectivity index (χ0) is 13.5. The van der Waals surface area contributed by atoms with E-state index in [-0.39, 0.29) is 0 Å². The molecule has 0 aliphatic carbocycles. The van der Waals surface area contributed by atoms with Crippen LogP contribution < -0.4 is 5.32 Å². The molecule has 2 rings (SSSR count). The van der Waals surface area contributed by atoms with Crippen LogP contribution in [0.2, 0.25) is 0 Å². The molecule has 0 heterocycles. The van der Waals surface area contributed by atoms with Gasteiger partial charge in [-0.05, 0) is 35.7 Å². The molecule has 96 valence electrons. The Labute approximate surface area is 114 Å². The Morgan fingerprint density at radius 2 is 1.89 bits per heavy atom. The Kier molecular flexibility index (Phi) is 4.72. The van der Waals surface area contributed by atoms with E-state index in [2.05, 4.69) is 24.4 Å². The third-order valence-corrected chi connectivity index (χ3v) is 3.05. The molecule has 0 fully saturated rings. The van der Waals surface area contributed by atoms with Crippen LogP contribution >= 0.6 is 0 Å². The summed E-state index contributed by atoms with van der Waals surface area (Å²) in [5, 5.41) is 12.7. The molecule has 0 saturated heterocycles. The minimum absolute atomic E-state index is 0.738. The number of nitrogens with one attached hydrogen (secondary N) is 1. The van der Waals surface area contributed by atoms with E-state index in [1.165, 1.54) is 0 Å². The van der Waals surface area contributed by atoms with E-state index >= 15 is 0 Å². The number of rotatable bonds is 5. The Hall–Kier alpha value is -2.11. The highest BCUT2D eigenvalue weighted by Crippen LogP contribution is 2.24. The van der Waals surface area contributed by atoms with Crippen LogP contribution in [0, 0.1) is 11.3 Å². The van der Waals surface area contributed by atoms with Crippen molar-refractivity contribution in [2.24, 2.45) is 0 Å². The molecule has 0 unspecified atom stereocenters. The van der Waals surface area contributed by atoms with E-state index < -0.39 is 0 Å². The summed E-state index contributed by atoms with van der Waals surface area (Å²) in [4.78, 5) is 0. The Bertz CT molecular complexity index is 568. The normalized spacial score (nSPS) is 10.1. The van der Waals surface area contributed by atoms with Gasteiger partial charge in [0.15, 0.2) is 0 Å². The lowest BCUT2D eigenvalue weighted by Crippen LogP contribution is -2.13. The zero-order valence-corrected chi connectivity index (χ0v) is 11.2. The SMILES string of the molecule is CCCNCc1ccc(-c2ccccc2)c(C#N)c1. The highest BCUT2D eigenvalue weighted by atomic mass is 14.8. The molecule has 0 aliphatic rings. The van der Waals surface area contributed by atoms with Crippen molar-refractivity contribution in [2.45, 2.75) is 19.9 Å². The van der Waals surface area contributed by atoms with E-state index in [0.717, 1.165) is 41.8 Å². The average molecular weight is 250 g/mol.